The first kappa shape index (κ1) is 19.8. The molecular formula is C27H28N2O2. The van der Waals surface area contributed by atoms with Crippen LogP contribution in [0.15, 0.2) is 60.7 Å². The third kappa shape index (κ3) is 3.71. The molecule has 1 aliphatic carbocycles. The van der Waals surface area contributed by atoms with E-state index in [-0.39, 0.29) is 23.8 Å². The van der Waals surface area contributed by atoms with E-state index >= 15 is 0 Å². The fourth-order valence-electron chi connectivity index (χ4n) is 5.23. The number of carbonyl (C=O) groups excluding carboxylic acids is 2. The first-order valence-electron chi connectivity index (χ1n) is 11.3. The van der Waals surface area contributed by atoms with Gasteiger partial charge in [0.05, 0.1) is 5.92 Å². The zero-order chi connectivity index (χ0) is 21.4. The Morgan fingerprint density at radius 2 is 1.74 bits per heavy atom. The van der Waals surface area contributed by atoms with Crippen molar-refractivity contribution < 1.29 is 9.59 Å². The predicted octanol–water partition coefficient (Wildman–Crippen LogP) is 5.21. The molecule has 0 saturated carbocycles. The number of piperidine rings is 1. The number of aryl methyl sites for hydroxylation is 2. The molecule has 5 rings (SSSR count). The van der Waals surface area contributed by atoms with Crippen LogP contribution in [0.4, 0.5) is 5.69 Å². The Bertz CT molecular complexity index is 1150. The molecule has 0 aromatic heterocycles. The molecule has 1 N–H and O–H groups in total. The smallest absolute Gasteiger partial charge is 0.254 e. The van der Waals surface area contributed by atoms with E-state index in [4.69, 9.17) is 0 Å². The number of amides is 2. The van der Waals surface area contributed by atoms with Crippen LogP contribution in [0.2, 0.25) is 0 Å². The summed E-state index contributed by atoms with van der Waals surface area (Å²) >= 11 is 0. The molecule has 158 valence electrons. The molecule has 0 bridgehead atoms. The molecule has 4 nitrogen and oxygen atoms in total. The Hall–Kier alpha value is -3.14. The summed E-state index contributed by atoms with van der Waals surface area (Å²) in [5, 5.41) is 5.15. The third-order valence-corrected chi connectivity index (χ3v) is 6.97. The van der Waals surface area contributed by atoms with Crippen molar-refractivity contribution in [3.05, 3.63) is 77.4 Å². The first-order valence-corrected chi connectivity index (χ1v) is 11.3. The van der Waals surface area contributed by atoms with Gasteiger partial charge in [0, 0.05) is 23.8 Å². The minimum Gasteiger partial charge on any atom is -0.335 e. The number of nitrogens with zero attached hydrogens (tertiary/aromatic N) is 1. The summed E-state index contributed by atoms with van der Waals surface area (Å²) in [5.41, 5.74) is 4.33. The first-order chi connectivity index (χ1) is 15.1. The van der Waals surface area contributed by atoms with Crippen LogP contribution in [-0.4, -0.2) is 29.3 Å². The van der Waals surface area contributed by atoms with E-state index in [1.165, 1.54) is 17.5 Å². The second-order valence-corrected chi connectivity index (χ2v) is 8.84. The average molecular weight is 413 g/mol. The molecule has 1 heterocycles. The molecule has 2 amide bonds. The maximum absolute atomic E-state index is 13.5. The lowest BCUT2D eigenvalue weighted by Gasteiger charge is -2.39. The zero-order valence-electron chi connectivity index (χ0n) is 17.9. The van der Waals surface area contributed by atoms with Gasteiger partial charge in [-0.05, 0) is 79.1 Å². The average Bonchev–Trinajstić information content (AvgIpc) is 3.26. The molecule has 4 heteroatoms. The van der Waals surface area contributed by atoms with Gasteiger partial charge in [0.1, 0.15) is 0 Å². The summed E-state index contributed by atoms with van der Waals surface area (Å²) in [6.45, 7) is 2.70. The van der Waals surface area contributed by atoms with Gasteiger partial charge in [0.25, 0.3) is 5.91 Å². The fraction of sp³-hybridized carbons (Fsp3) is 0.333. The molecule has 1 saturated heterocycles. The number of hydrogen-bond donors (Lipinski definition) is 1. The van der Waals surface area contributed by atoms with E-state index in [0.29, 0.717) is 12.1 Å². The predicted molar refractivity (Wildman–Crippen MR) is 124 cm³/mol. The van der Waals surface area contributed by atoms with Gasteiger partial charge >= 0.3 is 0 Å². The summed E-state index contributed by atoms with van der Waals surface area (Å²) in [6, 6.07) is 19.9. The standard InChI is InChI=1S/C27H28N2O2/c1-18-23(26(30)28-22-15-14-19-8-4-10-21(19)17-22)13-6-16-29(18)27(31)25-12-5-9-20-7-2-3-11-24(20)25/h2-3,5,7,9,11-12,14-15,17-18,23H,4,6,8,10,13,16H2,1H3,(H,28,30)/t18-,23-/m0/s1. The Balaban J connectivity index is 1.35. The quantitative estimate of drug-likeness (QED) is 0.642. The zero-order valence-corrected chi connectivity index (χ0v) is 17.9. The molecule has 3 aromatic carbocycles. The highest BCUT2D eigenvalue weighted by atomic mass is 16.2. The number of rotatable bonds is 3. The Morgan fingerprint density at radius 3 is 2.65 bits per heavy atom. The van der Waals surface area contributed by atoms with Gasteiger partial charge < -0.3 is 10.2 Å². The van der Waals surface area contributed by atoms with Crippen LogP contribution in [0.5, 0.6) is 0 Å². The van der Waals surface area contributed by atoms with E-state index in [0.717, 1.165) is 42.1 Å². The molecule has 2 aliphatic rings. The number of nitrogens with one attached hydrogen (secondary N) is 1. The van der Waals surface area contributed by atoms with Gasteiger partial charge in [-0.25, -0.2) is 0 Å². The monoisotopic (exact) mass is 412 g/mol. The summed E-state index contributed by atoms with van der Waals surface area (Å²) in [7, 11) is 0. The molecule has 0 spiro atoms. The van der Waals surface area contributed by atoms with Crippen LogP contribution in [0.1, 0.15) is 47.7 Å². The summed E-state index contributed by atoms with van der Waals surface area (Å²) in [6.07, 6.45) is 5.05. The van der Waals surface area contributed by atoms with Gasteiger partial charge in [0.15, 0.2) is 0 Å². The second kappa shape index (κ2) is 8.18. The Morgan fingerprint density at radius 1 is 0.935 bits per heavy atom. The van der Waals surface area contributed by atoms with Crippen molar-refractivity contribution in [2.75, 3.05) is 11.9 Å². The van der Waals surface area contributed by atoms with Gasteiger partial charge in [-0.3, -0.25) is 9.59 Å². The van der Waals surface area contributed by atoms with Gasteiger partial charge in [0.2, 0.25) is 5.91 Å². The molecule has 1 aliphatic heterocycles. The van der Waals surface area contributed by atoms with E-state index in [1.807, 2.05) is 60.4 Å². The van der Waals surface area contributed by atoms with E-state index in [2.05, 4.69) is 17.4 Å². The lowest BCUT2D eigenvalue weighted by Crippen LogP contribution is -2.50. The lowest BCUT2D eigenvalue weighted by atomic mass is 9.88. The normalized spacial score (nSPS) is 20.5. The van der Waals surface area contributed by atoms with Gasteiger partial charge in [-0.2, -0.15) is 0 Å². The second-order valence-electron chi connectivity index (χ2n) is 8.84. The maximum Gasteiger partial charge on any atom is 0.254 e. The third-order valence-electron chi connectivity index (χ3n) is 6.97. The molecule has 2 atom stereocenters. The molecule has 0 radical (unpaired) electrons. The SMILES string of the molecule is C[C@H]1[C@@H](C(=O)Nc2ccc3c(c2)CCC3)CCCN1C(=O)c1cccc2ccccc12. The highest BCUT2D eigenvalue weighted by Crippen LogP contribution is 2.30. The van der Waals surface area contributed by atoms with Crippen LogP contribution >= 0.6 is 0 Å². The van der Waals surface area contributed by atoms with E-state index in [9.17, 15) is 9.59 Å². The van der Waals surface area contributed by atoms with Crippen molar-refractivity contribution in [3.63, 3.8) is 0 Å². The van der Waals surface area contributed by atoms with Gasteiger partial charge in [-0.15, -0.1) is 0 Å². The van der Waals surface area contributed by atoms with Gasteiger partial charge in [-0.1, -0.05) is 42.5 Å². The van der Waals surface area contributed by atoms with Crippen LogP contribution in [0, 0.1) is 5.92 Å². The number of anilines is 1. The molecule has 31 heavy (non-hydrogen) atoms. The highest BCUT2D eigenvalue weighted by molar-refractivity contribution is 6.07. The van der Waals surface area contributed by atoms with Crippen molar-refractivity contribution in [2.24, 2.45) is 5.92 Å². The van der Waals surface area contributed by atoms with Crippen molar-refractivity contribution in [3.8, 4) is 0 Å². The van der Waals surface area contributed by atoms with Crippen molar-refractivity contribution in [2.45, 2.75) is 45.1 Å². The van der Waals surface area contributed by atoms with Crippen LogP contribution in [-0.2, 0) is 17.6 Å². The molecule has 3 aromatic rings. The van der Waals surface area contributed by atoms with Crippen LogP contribution < -0.4 is 5.32 Å². The summed E-state index contributed by atoms with van der Waals surface area (Å²) < 4.78 is 0. The van der Waals surface area contributed by atoms with E-state index < -0.39 is 0 Å². The molecule has 1 fully saturated rings. The maximum atomic E-state index is 13.5. The number of likely N-dealkylation sites (tertiary alicyclic amines) is 1. The Labute approximate surface area is 183 Å². The fourth-order valence-corrected chi connectivity index (χ4v) is 5.23. The number of fused-ring (bicyclic) bond motifs is 2. The van der Waals surface area contributed by atoms with E-state index in [1.54, 1.807) is 0 Å². The Kier molecular flexibility index (Phi) is 5.23. The van der Waals surface area contributed by atoms with Crippen molar-refractivity contribution in [1.82, 2.24) is 4.90 Å². The summed E-state index contributed by atoms with van der Waals surface area (Å²) in [4.78, 5) is 28.5. The molecule has 0 unspecified atom stereocenters. The summed E-state index contributed by atoms with van der Waals surface area (Å²) in [5.74, 6) is -0.180. The van der Waals surface area contributed by atoms with Crippen molar-refractivity contribution in [1.29, 1.82) is 0 Å². The molecular weight excluding hydrogens is 384 g/mol. The number of hydrogen-bond acceptors (Lipinski definition) is 2. The lowest BCUT2D eigenvalue weighted by molar-refractivity contribution is -0.122. The van der Waals surface area contributed by atoms with Crippen molar-refractivity contribution >= 4 is 28.3 Å². The number of carbonyl (C=O) groups is 2. The highest BCUT2D eigenvalue weighted by Gasteiger charge is 2.36. The number of benzene rings is 3. The minimum absolute atomic E-state index is 0.0133. The topological polar surface area (TPSA) is 49.4 Å². The largest absolute Gasteiger partial charge is 0.335 e. The van der Waals surface area contributed by atoms with Crippen LogP contribution in [0.3, 0.4) is 0 Å². The van der Waals surface area contributed by atoms with Crippen LogP contribution in [0.25, 0.3) is 10.8 Å². The minimum atomic E-state index is -0.207.